The highest BCUT2D eigenvalue weighted by molar-refractivity contribution is 5.88. The number of nitrogens with zero attached hydrogens (tertiary/aromatic N) is 4. The topological polar surface area (TPSA) is 113 Å². The SMILES string of the molecule is CC[C@H]1COC(=O)N1c1nc(C)nc(N[C@@H](C)c2cc3ccccc3[nH]c2=O)n1. The number of rotatable bonds is 5. The van der Waals surface area contributed by atoms with Crippen molar-refractivity contribution in [3.8, 4) is 0 Å². The van der Waals surface area contributed by atoms with Crippen LogP contribution in [0.25, 0.3) is 10.9 Å². The molecule has 3 heterocycles. The van der Waals surface area contributed by atoms with E-state index in [2.05, 4.69) is 25.3 Å². The zero-order chi connectivity index (χ0) is 20.5. The number of hydrogen-bond donors (Lipinski definition) is 2. The summed E-state index contributed by atoms with van der Waals surface area (Å²) in [6.07, 6.45) is 0.259. The van der Waals surface area contributed by atoms with E-state index in [1.807, 2.05) is 44.2 Å². The molecule has 1 fully saturated rings. The van der Waals surface area contributed by atoms with E-state index in [1.165, 1.54) is 4.90 Å². The summed E-state index contributed by atoms with van der Waals surface area (Å²) in [7, 11) is 0. The van der Waals surface area contributed by atoms with Crippen molar-refractivity contribution < 1.29 is 9.53 Å². The van der Waals surface area contributed by atoms with Crippen molar-refractivity contribution in [2.24, 2.45) is 0 Å². The molecule has 29 heavy (non-hydrogen) atoms. The molecule has 9 heteroatoms. The summed E-state index contributed by atoms with van der Waals surface area (Å²) < 4.78 is 5.13. The van der Waals surface area contributed by atoms with Crippen molar-refractivity contribution in [3.05, 3.63) is 52.1 Å². The lowest BCUT2D eigenvalue weighted by molar-refractivity contribution is 0.178. The third-order valence-electron chi connectivity index (χ3n) is 4.98. The predicted molar refractivity (Wildman–Crippen MR) is 109 cm³/mol. The summed E-state index contributed by atoms with van der Waals surface area (Å²) in [6, 6.07) is 8.98. The molecule has 1 aliphatic rings. The number of carbonyl (C=O) groups is 1. The Morgan fingerprint density at radius 1 is 1.28 bits per heavy atom. The monoisotopic (exact) mass is 394 g/mol. The Morgan fingerprint density at radius 3 is 2.86 bits per heavy atom. The molecule has 2 aromatic heterocycles. The van der Waals surface area contributed by atoms with Gasteiger partial charge < -0.3 is 15.0 Å². The number of fused-ring (bicyclic) bond motifs is 1. The first kappa shape index (κ1) is 18.9. The second-order valence-electron chi connectivity index (χ2n) is 7.02. The number of aromatic nitrogens is 4. The summed E-state index contributed by atoms with van der Waals surface area (Å²) in [5, 5.41) is 4.09. The molecule has 3 aromatic rings. The highest BCUT2D eigenvalue weighted by Gasteiger charge is 2.35. The van der Waals surface area contributed by atoms with Gasteiger partial charge in [-0.05, 0) is 37.8 Å². The van der Waals surface area contributed by atoms with Gasteiger partial charge in [-0.25, -0.2) is 9.69 Å². The molecule has 0 radical (unpaired) electrons. The molecule has 2 atom stereocenters. The Labute approximate surface area is 167 Å². The Hall–Kier alpha value is -3.49. The van der Waals surface area contributed by atoms with Crippen LogP contribution in [-0.4, -0.2) is 38.7 Å². The third kappa shape index (κ3) is 3.63. The standard InChI is InChI=1S/C20H22N6O3/c1-4-14-10-29-20(28)26(14)19-23-12(3)22-18(25-19)21-11(2)15-9-13-7-5-6-8-16(13)24-17(15)27/h5-9,11,14H,4,10H2,1-3H3,(H,24,27)(H,21,22,23,25)/t11-,14-/m0/s1. The van der Waals surface area contributed by atoms with Gasteiger partial charge in [0.05, 0.1) is 12.1 Å². The number of hydrogen-bond acceptors (Lipinski definition) is 7. The van der Waals surface area contributed by atoms with Gasteiger partial charge in [0.25, 0.3) is 5.56 Å². The molecule has 1 amide bonds. The molecule has 150 valence electrons. The van der Waals surface area contributed by atoms with Crippen molar-refractivity contribution in [2.75, 3.05) is 16.8 Å². The van der Waals surface area contributed by atoms with Gasteiger partial charge in [0.15, 0.2) is 0 Å². The van der Waals surface area contributed by atoms with Crippen LogP contribution in [0.4, 0.5) is 16.7 Å². The van der Waals surface area contributed by atoms with Crippen LogP contribution in [-0.2, 0) is 4.74 Å². The number of aromatic amines is 1. The van der Waals surface area contributed by atoms with Gasteiger partial charge in [-0.15, -0.1) is 0 Å². The number of amides is 1. The number of ether oxygens (including phenoxy) is 1. The van der Waals surface area contributed by atoms with Crippen LogP contribution in [0.15, 0.2) is 35.1 Å². The van der Waals surface area contributed by atoms with Crippen LogP contribution >= 0.6 is 0 Å². The van der Waals surface area contributed by atoms with Gasteiger partial charge in [0, 0.05) is 11.1 Å². The first-order valence-electron chi connectivity index (χ1n) is 9.53. The molecule has 0 spiro atoms. The summed E-state index contributed by atoms with van der Waals surface area (Å²) in [5.74, 6) is 1.00. The zero-order valence-electron chi connectivity index (χ0n) is 16.5. The number of pyridine rings is 1. The van der Waals surface area contributed by atoms with Gasteiger partial charge >= 0.3 is 6.09 Å². The minimum absolute atomic E-state index is 0.113. The number of H-pyrrole nitrogens is 1. The average molecular weight is 394 g/mol. The van der Waals surface area contributed by atoms with E-state index in [0.29, 0.717) is 23.9 Å². The number of aryl methyl sites for hydroxylation is 1. The summed E-state index contributed by atoms with van der Waals surface area (Å²) in [6.45, 7) is 5.87. The van der Waals surface area contributed by atoms with Crippen LogP contribution in [0.2, 0.25) is 0 Å². The summed E-state index contributed by atoms with van der Waals surface area (Å²) in [5.41, 5.74) is 1.17. The van der Waals surface area contributed by atoms with E-state index in [0.717, 1.165) is 17.3 Å². The van der Waals surface area contributed by atoms with E-state index >= 15 is 0 Å². The lowest BCUT2D eigenvalue weighted by Gasteiger charge is -2.20. The minimum Gasteiger partial charge on any atom is -0.447 e. The van der Waals surface area contributed by atoms with E-state index in [4.69, 9.17) is 4.74 Å². The van der Waals surface area contributed by atoms with Crippen molar-refractivity contribution in [1.82, 2.24) is 19.9 Å². The van der Waals surface area contributed by atoms with Crippen LogP contribution in [0.3, 0.4) is 0 Å². The number of cyclic esters (lactones) is 1. The maximum absolute atomic E-state index is 12.5. The predicted octanol–water partition coefficient (Wildman–Crippen LogP) is 2.93. The smallest absolute Gasteiger partial charge is 0.417 e. The highest BCUT2D eigenvalue weighted by Crippen LogP contribution is 2.23. The van der Waals surface area contributed by atoms with Crippen LogP contribution in [0.1, 0.15) is 37.7 Å². The minimum atomic E-state index is -0.465. The average Bonchev–Trinajstić information content (AvgIpc) is 3.07. The van der Waals surface area contributed by atoms with E-state index < -0.39 is 6.09 Å². The maximum Gasteiger partial charge on any atom is 0.417 e. The number of nitrogens with one attached hydrogen (secondary N) is 2. The van der Waals surface area contributed by atoms with E-state index in [-0.39, 0.29) is 23.6 Å². The Balaban J connectivity index is 1.64. The van der Waals surface area contributed by atoms with Crippen molar-refractivity contribution in [2.45, 2.75) is 39.3 Å². The fraction of sp³-hybridized carbons (Fsp3) is 0.350. The molecule has 1 saturated heterocycles. The normalized spacial score (nSPS) is 17.4. The van der Waals surface area contributed by atoms with E-state index in [1.54, 1.807) is 6.92 Å². The molecule has 0 saturated carbocycles. The second kappa shape index (κ2) is 7.50. The number of benzene rings is 1. The quantitative estimate of drug-likeness (QED) is 0.684. The van der Waals surface area contributed by atoms with Gasteiger partial charge in [-0.3, -0.25) is 4.79 Å². The van der Waals surface area contributed by atoms with Gasteiger partial charge in [0.1, 0.15) is 12.4 Å². The Kier molecular flexibility index (Phi) is 4.87. The molecule has 0 aliphatic carbocycles. The molecule has 2 N–H and O–H groups in total. The van der Waals surface area contributed by atoms with Crippen molar-refractivity contribution >= 4 is 28.9 Å². The largest absolute Gasteiger partial charge is 0.447 e. The Morgan fingerprint density at radius 2 is 2.07 bits per heavy atom. The zero-order valence-corrected chi connectivity index (χ0v) is 16.5. The van der Waals surface area contributed by atoms with Crippen molar-refractivity contribution in [1.29, 1.82) is 0 Å². The first-order valence-corrected chi connectivity index (χ1v) is 9.53. The van der Waals surface area contributed by atoms with Crippen LogP contribution in [0.5, 0.6) is 0 Å². The third-order valence-corrected chi connectivity index (χ3v) is 4.98. The fourth-order valence-electron chi connectivity index (χ4n) is 3.40. The molecule has 0 bridgehead atoms. The lowest BCUT2D eigenvalue weighted by Crippen LogP contribution is -2.35. The maximum atomic E-state index is 12.5. The molecular formula is C20H22N6O3. The molecular weight excluding hydrogens is 372 g/mol. The lowest BCUT2D eigenvalue weighted by atomic mass is 10.1. The van der Waals surface area contributed by atoms with Gasteiger partial charge in [-0.2, -0.15) is 15.0 Å². The number of para-hydroxylation sites is 1. The molecule has 4 rings (SSSR count). The molecule has 9 nitrogen and oxygen atoms in total. The van der Waals surface area contributed by atoms with E-state index in [9.17, 15) is 9.59 Å². The fourth-order valence-corrected chi connectivity index (χ4v) is 3.40. The molecule has 1 aromatic carbocycles. The number of anilines is 2. The van der Waals surface area contributed by atoms with Crippen molar-refractivity contribution in [3.63, 3.8) is 0 Å². The number of carbonyl (C=O) groups excluding carboxylic acids is 1. The Bertz CT molecular complexity index is 1130. The van der Waals surface area contributed by atoms with Gasteiger partial charge in [0.2, 0.25) is 11.9 Å². The second-order valence-corrected chi connectivity index (χ2v) is 7.02. The van der Waals surface area contributed by atoms with Crippen LogP contribution in [0, 0.1) is 6.92 Å². The van der Waals surface area contributed by atoms with Crippen LogP contribution < -0.4 is 15.8 Å². The first-order chi connectivity index (χ1) is 14.0. The summed E-state index contributed by atoms with van der Waals surface area (Å²) >= 11 is 0. The molecule has 1 aliphatic heterocycles. The highest BCUT2D eigenvalue weighted by atomic mass is 16.6. The summed E-state index contributed by atoms with van der Waals surface area (Å²) in [4.78, 5) is 42.0. The molecule has 0 unspecified atom stereocenters. The van der Waals surface area contributed by atoms with Gasteiger partial charge in [-0.1, -0.05) is 25.1 Å².